The number of aromatic nitrogens is 2. The van der Waals surface area contributed by atoms with Crippen LogP contribution in [0.5, 0.6) is 0 Å². The van der Waals surface area contributed by atoms with Gasteiger partial charge in [0.2, 0.25) is 5.91 Å². The minimum Gasteiger partial charge on any atom is -0.351 e. The van der Waals surface area contributed by atoms with Crippen LogP contribution in [0.2, 0.25) is 0 Å². The molecule has 7 heteroatoms. The minimum atomic E-state index is -0.0498. The number of aryl methyl sites for hydroxylation is 1. The quantitative estimate of drug-likeness (QED) is 0.393. The molecule has 0 fully saturated rings. The molecular formula is C25H26N4O2S. The van der Waals surface area contributed by atoms with Gasteiger partial charge in [0.1, 0.15) is 12.4 Å². The van der Waals surface area contributed by atoms with Gasteiger partial charge in [0.15, 0.2) is 0 Å². The van der Waals surface area contributed by atoms with Crippen molar-refractivity contribution in [2.75, 3.05) is 13.6 Å². The van der Waals surface area contributed by atoms with Crippen molar-refractivity contribution in [3.8, 4) is 0 Å². The molecule has 0 radical (unpaired) electrons. The monoisotopic (exact) mass is 446 g/mol. The van der Waals surface area contributed by atoms with Gasteiger partial charge in [0.25, 0.3) is 5.91 Å². The van der Waals surface area contributed by atoms with E-state index in [2.05, 4.69) is 5.32 Å². The summed E-state index contributed by atoms with van der Waals surface area (Å²) in [5, 5.41) is 4.85. The number of fused-ring (bicyclic) bond motifs is 1. The standard InChI is InChI=1S/C25H26N4O2S/c1-28(17-19-9-3-2-4-10-19)24(30)18-29-21-12-6-5-11-20(21)27-23(29)14-7-15-26-25(31)22-13-8-16-32-22/h2-6,8-13,16H,7,14-15,17-18H2,1H3,(H,26,31). The molecule has 0 aliphatic carbocycles. The van der Waals surface area contributed by atoms with Crippen LogP contribution in [0.3, 0.4) is 0 Å². The molecule has 0 bridgehead atoms. The van der Waals surface area contributed by atoms with Crippen molar-refractivity contribution in [3.05, 3.63) is 88.4 Å². The summed E-state index contributed by atoms with van der Waals surface area (Å²) < 4.78 is 2.00. The Bertz CT molecular complexity index is 1190. The molecule has 0 atom stereocenters. The Hall–Kier alpha value is -3.45. The van der Waals surface area contributed by atoms with E-state index >= 15 is 0 Å². The Morgan fingerprint density at radius 2 is 1.81 bits per heavy atom. The molecule has 2 amide bonds. The molecule has 0 saturated carbocycles. The molecule has 1 N–H and O–H groups in total. The van der Waals surface area contributed by atoms with Crippen LogP contribution in [0.15, 0.2) is 72.1 Å². The molecule has 4 aromatic rings. The average molecular weight is 447 g/mol. The molecule has 6 nitrogen and oxygen atoms in total. The van der Waals surface area contributed by atoms with Crippen LogP contribution in [0.25, 0.3) is 11.0 Å². The van der Waals surface area contributed by atoms with Crippen LogP contribution in [-0.4, -0.2) is 39.9 Å². The van der Waals surface area contributed by atoms with Gasteiger partial charge in [-0.2, -0.15) is 0 Å². The number of carbonyl (C=O) groups is 2. The van der Waals surface area contributed by atoms with E-state index in [0.29, 0.717) is 24.4 Å². The van der Waals surface area contributed by atoms with Gasteiger partial charge in [-0.25, -0.2) is 4.98 Å². The molecule has 0 saturated heterocycles. The third-order valence-electron chi connectivity index (χ3n) is 5.32. The third-order valence-corrected chi connectivity index (χ3v) is 6.19. The Balaban J connectivity index is 1.41. The number of nitrogens with one attached hydrogen (secondary N) is 1. The van der Waals surface area contributed by atoms with Gasteiger partial charge in [0.05, 0.1) is 15.9 Å². The fourth-order valence-corrected chi connectivity index (χ4v) is 4.28. The van der Waals surface area contributed by atoms with Crippen molar-refractivity contribution in [1.29, 1.82) is 0 Å². The highest BCUT2D eigenvalue weighted by Crippen LogP contribution is 2.18. The lowest BCUT2D eigenvalue weighted by Gasteiger charge is -2.19. The number of amides is 2. The summed E-state index contributed by atoms with van der Waals surface area (Å²) >= 11 is 1.43. The van der Waals surface area contributed by atoms with Crippen LogP contribution in [0.1, 0.15) is 27.5 Å². The zero-order valence-corrected chi connectivity index (χ0v) is 18.8. The smallest absolute Gasteiger partial charge is 0.261 e. The van der Waals surface area contributed by atoms with E-state index in [1.807, 2.05) is 83.7 Å². The van der Waals surface area contributed by atoms with Crippen LogP contribution in [0, 0.1) is 0 Å². The first kappa shape index (κ1) is 21.8. The van der Waals surface area contributed by atoms with E-state index < -0.39 is 0 Å². The van der Waals surface area contributed by atoms with E-state index in [1.165, 1.54) is 11.3 Å². The van der Waals surface area contributed by atoms with Crippen molar-refractivity contribution in [2.24, 2.45) is 0 Å². The molecule has 0 unspecified atom stereocenters. The first-order chi connectivity index (χ1) is 15.6. The number of benzene rings is 2. The molecule has 4 rings (SSSR count). The van der Waals surface area contributed by atoms with E-state index in [9.17, 15) is 9.59 Å². The second-order valence-corrected chi connectivity index (χ2v) is 8.62. The summed E-state index contributed by atoms with van der Waals surface area (Å²) in [4.78, 5) is 32.3. The molecular weight excluding hydrogens is 420 g/mol. The van der Waals surface area contributed by atoms with Gasteiger partial charge in [0, 0.05) is 26.6 Å². The molecule has 164 valence electrons. The zero-order valence-electron chi connectivity index (χ0n) is 18.0. The first-order valence-corrected chi connectivity index (χ1v) is 11.5. The van der Waals surface area contributed by atoms with Crippen LogP contribution < -0.4 is 5.32 Å². The lowest BCUT2D eigenvalue weighted by atomic mass is 10.2. The van der Waals surface area contributed by atoms with Crippen molar-refractivity contribution in [1.82, 2.24) is 19.8 Å². The SMILES string of the molecule is CN(Cc1ccccc1)C(=O)Cn1c(CCCNC(=O)c2cccs2)nc2ccccc21. The summed E-state index contributed by atoms with van der Waals surface area (Å²) in [6.07, 6.45) is 1.42. The summed E-state index contributed by atoms with van der Waals surface area (Å²) in [6.45, 7) is 1.36. The average Bonchev–Trinajstić information content (AvgIpc) is 3.46. The summed E-state index contributed by atoms with van der Waals surface area (Å²) in [5.74, 6) is 0.841. The largest absolute Gasteiger partial charge is 0.351 e. The maximum Gasteiger partial charge on any atom is 0.261 e. The molecule has 2 aromatic carbocycles. The maximum absolute atomic E-state index is 13.0. The number of hydrogen-bond acceptors (Lipinski definition) is 4. The minimum absolute atomic E-state index is 0.0317. The number of rotatable bonds is 9. The highest BCUT2D eigenvalue weighted by Gasteiger charge is 2.16. The number of carbonyl (C=O) groups excluding carboxylic acids is 2. The fraction of sp³-hybridized carbons (Fsp3) is 0.240. The number of imidazole rings is 1. The fourth-order valence-electron chi connectivity index (χ4n) is 3.64. The van der Waals surface area contributed by atoms with E-state index in [4.69, 9.17) is 4.98 Å². The van der Waals surface area contributed by atoms with Crippen molar-refractivity contribution < 1.29 is 9.59 Å². The van der Waals surface area contributed by atoms with Gasteiger partial charge in [-0.15, -0.1) is 11.3 Å². The molecule has 0 aliphatic heterocycles. The van der Waals surface area contributed by atoms with Crippen molar-refractivity contribution in [3.63, 3.8) is 0 Å². The second kappa shape index (κ2) is 10.2. The number of hydrogen-bond donors (Lipinski definition) is 1. The van der Waals surface area contributed by atoms with Crippen molar-refractivity contribution >= 4 is 34.2 Å². The Morgan fingerprint density at radius 3 is 2.59 bits per heavy atom. The third kappa shape index (κ3) is 5.23. The lowest BCUT2D eigenvalue weighted by Crippen LogP contribution is -2.30. The second-order valence-electron chi connectivity index (χ2n) is 7.68. The molecule has 2 aromatic heterocycles. The van der Waals surface area contributed by atoms with Crippen LogP contribution in [-0.2, 0) is 24.3 Å². The van der Waals surface area contributed by atoms with Gasteiger partial charge < -0.3 is 14.8 Å². The van der Waals surface area contributed by atoms with E-state index in [0.717, 1.165) is 28.8 Å². The lowest BCUT2D eigenvalue weighted by molar-refractivity contribution is -0.131. The Labute approximate surface area is 191 Å². The number of para-hydroxylation sites is 2. The van der Waals surface area contributed by atoms with Crippen molar-refractivity contribution in [2.45, 2.75) is 25.9 Å². The summed E-state index contributed by atoms with van der Waals surface area (Å²) in [7, 11) is 1.83. The zero-order chi connectivity index (χ0) is 22.3. The molecule has 32 heavy (non-hydrogen) atoms. The van der Waals surface area contributed by atoms with Gasteiger partial charge in [-0.3, -0.25) is 9.59 Å². The van der Waals surface area contributed by atoms with Crippen LogP contribution in [0.4, 0.5) is 0 Å². The Morgan fingerprint density at radius 1 is 1.03 bits per heavy atom. The summed E-state index contributed by atoms with van der Waals surface area (Å²) in [5.41, 5.74) is 2.93. The highest BCUT2D eigenvalue weighted by molar-refractivity contribution is 7.12. The number of thiophene rings is 1. The maximum atomic E-state index is 13.0. The molecule has 2 heterocycles. The van der Waals surface area contributed by atoms with Crippen LogP contribution >= 0.6 is 11.3 Å². The van der Waals surface area contributed by atoms with Gasteiger partial charge in [-0.05, 0) is 35.6 Å². The first-order valence-electron chi connectivity index (χ1n) is 10.7. The normalized spacial score (nSPS) is 10.9. The predicted molar refractivity (Wildman–Crippen MR) is 128 cm³/mol. The molecule has 0 spiro atoms. The summed E-state index contributed by atoms with van der Waals surface area (Å²) in [6, 6.07) is 21.5. The van der Waals surface area contributed by atoms with Gasteiger partial charge >= 0.3 is 0 Å². The van der Waals surface area contributed by atoms with E-state index in [-0.39, 0.29) is 18.4 Å². The predicted octanol–water partition coefficient (Wildman–Crippen LogP) is 4.12. The topological polar surface area (TPSA) is 67.2 Å². The number of likely N-dealkylation sites (N-methyl/N-ethyl adjacent to an activating group) is 1. The molecule has 0 aliphatic rings. The highest BCUT2D eigenvalue weighted by atomic mass is 32.1. The number of nitrogens with zero attached hydrogens (tertiary/aromatic N) is 3. The Kier molecular flexibility index (Phi) is 6.97. The van der Waals surface area contributed by atoms with Gasteiger partial charge in [-0.1, -0.05) is 48.5 Å². The van der Waals surface area contributed by atoms with E-state index in [1.54, 1.807) is 4.90 Å².